The van der Waals surface area contributed by atoms with Crippen LogP contribution in [0.3, 0.4) is 0 Å². The summed E-state index contributed by atoms with van der Waals surface area (Å²) in [5.41, 5.74) is 9.13. The predicted octanol–water partition coefficient (Wildman–Crippen LogP) is 2.05. The number of hydrogen-bond acceptors (Lipinski definition) is 3. The van der Waals surface area contributed by atoms with E-state index in [0.29, 0.717) is 11.8 Å². The minimum Gasteiger partial charge on any atom is -0.399 e. The van der Waals surface area contributed by atoms with E-state index >= 15 is 0 Å². The van der Waals surface area contributed by atoms with Gasteiger partial charge in [0.05, 0.1) is 0 Å². The average Bonchev–Trinajstić information content (AvgIpc) is 2.49. The lowest BCUT2D eigenvalue weighted by Gasteiger charge is -2.43. The first-order valence-corrected chi connectivity index (χ1v) is 7.51. The minimum atomic E-state index is 0.142. The molecule has 1 aromatic heterocycles. The summed E-state index contributed by atoms with van der Waals surface area (Å²) in [5.74, 6) is 0.998. The van der Waals surface area contributed by atoms with Gasteiger partial charge in [-0.25, -0.2) is 0 Å². The second-order valence-corrected chi connectivity index (χ2v) is 6.19. The maximum Gasteiger partial charge on any atom is 0.250 e. The van der Waals surface area contributed by atoms with Crippen molar-refractivity contribution in [2.45, 2.75) is 18.9 Å². The molecule has 4 rings (SSSR count). The Morgan fingerprint density at radius 2 is 1.81 bits per heavy atom. The van der Waals surface area contributed by atoms with Crippen LogP contribution in [-0.2, 0) is 6.54 Å². The van der Waals surface area contributed by atoms with Crippen molar-refractivity contribution in [1.29, 1.82) is 0 Å². The Kier molecular flexibility index (Phi) is 2.77. The normalized spacial score (nSPS) is 23.7. The zero-order valence-corrected chi connectivity index (χ0v) is 11.9. The summed E-state index contributed by atoms with van der Waals surface area (Å²) in [7, 11) is 0. The largest absolute Gasteiger partial charge is 0.399 e. The molecular weight excluding hydrogens is 262 g/mol. The highest BCUT2D eigenvalue weighted by molar-refractivity contribution is 5.54. The molecule has 2 bridgehead atoms. The van der Waals surface area contributed by atoms with E-state index < -0.39 is 0 Å². The molecule has 4 heteroatoms. The van der Waals surface area contributed by atoms with Gasteiger partial charge in [-0.1, -0.05) is 6.07 Å². The van der Waals surface area contributed by atoms with Gasteiger partial charge in [0.25, 0.3) is 5.56 Å². The number of aromatic nitrogens is 1. The second-order valence-electron chi connectivity index (χ2n) is 6.19. The van der Waals surface area contributed by atoms with Crippen LogP contribution in [0.2, 0.25) is 0 Å². The molecule has 2 aromatic rings. The monoisotopic (exact) mass is 281 g/mol. The van der Waals surface area contributed by atoms with Gasteiger partial charge >= 0.3 is 0 Å². The van der Waals surface area contributed by atoms with E-state index in [1.165, 1.54) is 17.8 Å². The number of rotatable bonds is 1. The molecule has 2 atom stereocenters. The van der Waals surface area contributed by atoms with Gasteiger partial charge in [-0.15, -0.1) is 0 Å². The molecule has 2 aliphatic rings. The second kappa shape index (κ2) is 4.65. The number of piperidine rings is 1. The Balaban J connectivity index is 1.68. The van der Waals surface area contributed by atoms with Gasteiger partial charge in [0, 0.05) is 48.7 Å². The molecule has 108 valence electrons. The van der Waals surface area contributed by atoms with Crippen LogP contribution in [0.1, 0.15) is 18.0 Å². The van der Waals surface area contributed by atoms with Gasteiger partial charge in [-0.3, -0.25) is 4.79 Å². The highest BCUT2D eigenvalue weighted by atomic mass is 16.1. The number of anilines is 2. The summed E-state index contributed by atoms with van der Waals surface area (Å²) >= 11 is 0. The number of fused-ring (bicyclic) bond motifs is 4. The van der Waals surface area contributed by atoms with Crippen molar-refractivity contribution in [3.63, 3.8) is 0 Å². The molecule has 0 aliphatic carbocycles. The Bertz CT molecular complexity index is 720. The lowest BCUT2D eigenvalue weighted by molar-refractivity contribution is 0.281. The molecule has 2 N–H and O–H groups in total. The number of nitrogens with two attached hydrogens (primary N) is 1. The van der Waals surface area contributed by atoms with Crippen LogP contribution in [0.15, 0.2) is 47.3 Å². The molecule has 1 fully saturated rings. The van der Waals surface area contributed by atoms with Crippen LogP contribution >= 0.6 is 0 Å². The molecule has 0 unspecified atom stereocenters. The number of nitrogen functional groups attached to an aromatic ring is 1. The first-order valence-electron chi connectivity index (χ1n) is 7.51. The Morgan fingerprint density at radius 1 is 1.00 bits per heavy atom. The fraction of sp³-hybridized carbons (Fsp3) is 0.353. The fourth-order valence-electron chi connectivity index (χ4n) is 3.79. The Labute approximate surface area is 123 Å². The summed E-state index contributed by atoms with van der Waals surface area (Å²) in [6, 6.07) is 13.8. The minimum absolute atomic E-state index is 0.142. The van der Waals surface area contributed by atoms with Crippen LogP contribution in [0.4, 0.5) is 11.4 Å². The quantitative estimate of drug-likeness (QED) is 0.814. The number of nitrogens with zero attached hydrogens (tertiary/aromatic N) is 2. The molecule has 1 saturated heterocycles. The summed E-state index contributed by atoms with van der Waals surface area (Å²) in [6.45, 7) is 2.84. The van der Waals surface area contributed by atoms with Crippen LogP contribution < -0.4 is 16.2 Å². The Morgan fingerprint density at radius 3 is 2.62 bits per heavy atom. The molecule has 2 aliphatic heterocycles. The molecule has 4 nitrogen and oxygen atoms in total. The van der Waals surface area contributed by atoms with Crippen molar-refractivity contribution >= 4 is 11.4 Å². The molecule has 21 heavy (non-hydrogen) atoms. The van der Waals surface area contributed by atoms with Gasteiger partial charge < -0.3 is 15.2 Å². The summed E-state index contributed by atoms with van der Waals surface area (Å²) in [6.07, 6.45) is 1.19. The summed E-state index contributed by atoms with van der Waals surface area (Å²) in [5, 5.41) is 0. The highest BCUT2D eigenvalue weighted by Gasteiger charge is 2.34. The van der Waals surface area contributed by atoms with Gasteiger partial charge in [0.2, 0.25) is 0 Å². The Hall–Kier alpha value is -2.23. The molecule has 0 amide bonds. The maximum absolute atomic E-state index is 12.0. The maximum atomic E-state index is 12.0. The van der Waals surface area contributed by atoms with E-state index in [1.54, 1.807) is 6.07 Å². The van der Waals surface area contributed by atoms with Crippen LogP contribution in [0.5, 0.6) is 0 Å². The van der Waals surface area contributed by atoms with Gasteiger partial charge in [0.15, 0.2) is 0 Å². The lowest BCUT2D eigenvalue weighted by Crippen LogP contribution is -2.47. The third kappa shape index (κ3) is 2.11. The van der Waals surface area contributed by atoms with Crippen molar-refractivity contribution in [2.75, 3.05) is 23.7 Å². The summed E-state index contributed by atoms with van der Waals surface area (Å²) < 4.78 is 1.97. The topological polar surface area (TPSA) is 51.3 Å². The molecule has 0 saturated carbocycles. The van der Waals surface area contributed by atoms with Crippen molar-refractivity contribution in [3.05, 3.63) is 58.5 Å². The highest BCUT2D eigenvalue weighted by Crippen LogP contribution is 2.36. The third-order valence-corrected chi connectivity index (χ3v) is 4.74. The number of benzene rings is 1. The molecule has 0 spiro atoms. The van der Waals surface area contributed by atoms with E-state index in [-0.39, 0.29) is 5.56 Å². The smallest absolute Gasteiger partial charge is 0.250 e. The van der Waals surface area contributed by atoms with Gasteiger partial charge in [-0.2, -0.15) is 0 Å². The van der Waals surface area contributed by atoms with Crippen LogP contribution in [-0.4, -0.2) is 17.7 Å². The first-order chi connectivity index (χ1) is 10.2. The number of pyridine rings is 1. The molecular formula is C17H19N3O. The predicted molar refractivity (Wildman–Crippen MR) is 84.6 cm³/mol. The fourth-order valence-corrected chi connectivity index (χ4v) is 3.79. The van der Waals surface area contributed by atoms with Crippen molar-refractivity contribution in [2.24, 2.45) is 5.92 Å². The molecule has 3 heterocycles. The zero-order valence-electron chi connectivity index (χ0n) is 11.9. The standard InChI is InChI=1S/C17H19N3O/c18-14-4-6-15(7-5-14)19-9-12-8-13(11-19)16-2-1-3-17(21)20(16)10-12/h1-7,12-13H,8-11,18H2/t12-,13-/m1/s1. The van der Waals surface area contributed by atoms with E-state index in [1.807, 2.05) is 22.8 Å². The van der Waals surface area contributed by atoms with Gasteiger partial charge in [0.1, 0.15) is 0 Å². The van der Waals surface area contributed by atoms with E-state index in [9.17, 15) is 4.79 Å². The molecule has 1 aromatic carbocycles. The van der Waals surface area contributed by atoms with Gasteiger partial charge in [-0.05, 0) is 42.7 Å². The van der Waals surface area contributed by atoms with Crippen LogP contribution in [0, 0.1) is 5.92 Å². The van der Waals surface area contributed by atoms with Crippen LogP contribution in [0.25, 0.3) is 0 Å². The van der Waals surface area contributed by atoms with E-state index in [4.69, 9.17) is 5.73 Å². The first kappa shape index (κ1) is 12.5. The lowest BCUT2D eigenvalue weighted by atomic mass is 9.83. The molecule has 0 radical (unpaired) electrons. The van der Waals surface area contributed by atoms with Crippen molar-refractivity contribution < 1.29 is 0 Å². The average molecular weight is 281 g/mol. The van der Waals surface area contributed by atoms with Crippen molar-refractivity contribution in [1.82, 2.24) is 4.57 Å². The SMILES string of the molecule is Nc1ccc(N2C[C@H]3C[C@H](C2)c2cccc(=O)n2C3)cc1. The number of hydrogen-bond donors (Lipinski definition) is 1. The zero-order chi connectivity index (χ0) is 14.4. The van der Waals surface area contributed by atoms with Crippen molar-refractivity contribution in [3.8, 4) is 0 Å². The third-order valence-electron chi connectivity index (χ3n) is 4.74. The summed E-state index contributed by atoms with van der Waals surface area (Å²) in [4.78, 5) is 14.4. The van der Waals surface area contributed by atoms with E-state index in [0.717, 1.165) is 25.3 Å². The van der Waals surface area contributed by atoms with E-state index in [2.05, 4.69) is 23.1 Å².